The van der Waals surface area contributed by atoms with Gasteiger partial charge in [0.15, 0.2) is 0 Å². The summed E-state index contributed by atoms with van der Waals surface area (Å²) in [6.45, 7) is 5.34. The van der Waals surface area contributed by atoms with Crippen molar-refractivity contribution in [2.75, 3.05) is 13.1 Å². The number of amides is 2. The molecular weight excluding hydrogens is 264 g/mol. The van der Waals surface area contributed by atoms with E-state index in [4.69, 9.17) is 5.73 Å². The number of rotatable bonds is 7. The second kappa shape index (κ2) is 7.85. The Labute approximate surface area is 116 Å². The molecule has 0 aliphatic carbocycles. The molecule has 0 radical (unpaired) electrons. The zero-order chi connectivity index (χ0) is 14.3. The zero-order valence-electron chi connectivity index (χ0n) is 11.2. The second-order valence-corrected chi connectivity index (χ2v) is 5.48. The van der Waals surface area contributed by atoms with Crippen LogP contribution in [0.1, 0.15) is 35.8 Å². The van der Waals surface area contributed by atoms with Crippen LogP contribution in [-0.2, 0) is 11.3 Å². The van der Waals surface area contributed by atoms with Gasteiger partial charge in [0.1, 0.15) is 10.7 Å². The summed E-state index contributed by atoms with van der Waals surface area (Å²) in [7, 11) is 0. The lowest BCUT2D eigenvalue weighted by atomic mass is 10.2. The molecule has 106 valence electrons. The van der Waals surface area contributed by atoms with Crippen LogP contribution in [0.4, 0.5) is 0 Å². The molecule has 1 aromatic rings. The highest BCUT2D eigenvalue weighted by Crippen LogP contribution is 2.08. The maximum atomic E-state index is 11.7. The lowest BCUT2D eigenvalue weighted by Gasteiger charge is -2.07. The lowest BCUT2D eigenvalue weighted by molar-refractivity contribution is -0.121. The van der Waals surface area contributed by atoms with Crippen molar-refractivity contribution in [3.63, 3.8) is 0 Å². The van der Waals surface area contributed by atoms with Crippen LogP contribution >= 0.6 is 11.3 Å². The number of nitrogens with one attached hydrogen (secondary N) is 2. The van der Waals surface area contributed by atoms with Crippen LogP contribution in [0, 0.1) is 5.92 Å². The minimum absolute atomic E-state index is 0.0603. The van der Waals surface area contributed by atoms with Gasteiger partial charge < -0.3 is 16.4 Å². The first-order valence-corrected chi connectivity index (χ1v) is 7.10. The van der Waals surface area contributed by atoms with Crippen LogP contribution < -0.4 is 16.4 Å². The van der Waals surface area contributed by atoms with Crippen LogP contribution in [0.3, 0.4) is 0 Å². The third-order valence-corrected chi connectivity index (χ3v) is 3.18. The molecule has 2 amide bonds. The predicted molar refractivity (Wildman–Crippen MR) is 74.8 cm³/mol. The molecule has 0 saturated heterocycles. The van der Waals surface area contributed by atoms with Crippen LogP contribution in [0.15, 0.2) is 5.38 Å². The molecule has 1 rings (SSSR count). The molecule has 4 N–H and O–H groups in total. The molecule has 6 nitrogen and oxygen atoms in total. The molecule has 0 atom stereocenters. The highest BCUT2D eigenvalue weighted by atomic mass is 32.1. The van der Waals surface area contributed by atoms with E-state index >= 15 is 0 Å². The van der Waals surface area contributed by atoms with Crippen molar-refractivity contribution < 1.29 is 9.59 Å². The largest absolute Gasteiger partial charge is 0.356 e. The Balaban J connectivity index is 2.25. The van der Waals surface area contributed by atoms with Crippen molar-refractivity contribution in [1.29, 1.82) is 0 Å². The molecule has 0 aliphatic heterocycles. The van der Waals surface area contributed by atoms with Gasteiger partial charge in [-0.2, -0.15) is 0 Å². The number of hydrogen-bond acceptors (Lipinski definition) is 5. The first-order valence-electron chi connectivity index (χ1n) is 6.22. The van der Waals surface area contributed by atoms with E-state index in [1.165, 1.54) is 11.3 Å². The van der Waals surface area contributed by atoms with Crippen molar-refractivity contribution in [2.24, 2.45) is 11.7 Å². The van der Waals surface area contributed by atoms with Gasteiger partial charge in [-0.25, -0.2) is 4.98 Å². The van der Waals surface area contributed by atoms with Gasteiger partial charge in [-0.15, -0.1) is 11.3 Å². The monoisotopic (exact) mass is 284 g/mol. The fourth-order valence-corrected chi connectivity index (χ4v) is 1.95. The summed E-state index contributed by atoms with van der Waals surface area (Å²) in [5.74, 6) is 0.0887. The summed E-state index contributed by atoms with van der Waals surface area (Å²) in [6, 6.07) is 0. The third kappa shape index (κ3) is 5.80. The number of aromatic nitrogens is 1. The predicted octanol–water partition coefficient (Wildman–Crippen LogP) is 0.494. The van der Waals surface area contributed by atoms with Crippen LogP contribution in [0.5, 0.6) is 0 Å². The molecule has 7 heteroatoms. The minimum atomic E-state index is -0.271. The molecule has 0 aliphatic rings. The summed E-state index contributed by atoms with van der Waals surface area (Å²) in [4.78, 5) is 27.2. The highest BCUT2D eigenvalue weighted by molar-refractivity contribution is 7.09. The van der Waals surface area contributed by atoms with Crippen LogP contribution in [0.25, 0.3) is 0 Å². The first kappa shape index (κ1) is 15.6. The summed E-state index contributed by atoms with van der Waals surface area (Å²) in [6.07, 6.45) is 0.270. The maximum Gasteiger partial charge on any atom is 0.270 e. The Morgan fingerprint density at radius 1 is 1.42 bits per heavy atom. The number of nitrogens with zero attached hydrogens (tertiary/aromatic N) is 1. The summed E-state index contributed by atoms with van der Waals surface area (Å²) in [5, 5.41) is 7.83. The molecule has 1 heterocycles. The van der Waals surface area contributed by atoms with E-state index in [9.17, 15) is 9.59 Å². The Kier molecular flexibility index (Phi) is 6.44. The van der Waals surface area contributed by atoms with Crippen LogP contribution in [0.2, 0.25) is 0 Å². The number of carbonyl (C=O) groups excluding carboxylic acids is 2. The number of hydrogen-bond donors (Lipinski definition) is 3. The van der Waals surface area contributed by atoms with Gasteiger partial charge in [-0.3, -0.25) is 9.59 Å². The third-order valence-electron chi connectivity index (χ3n) is 2.30. The number of thiazole rings is 1. The topological polar surface area (TPSA) is 97.1 Å². The molecule has 0 spiro atoms. The number of carbonyl (C=O) groups is 2. The van der Waals surface area contributed by atoms with E-state index in [-0.39, 0.29) is 18.2 Å². The van der Waals surface area contributed by atoms with E-state index in [0.717, 1.165) is 5.01 Å². The Bertz CT molecular complexity index is 431. The summed E-state index contributed by atoms with van der Waals surface area (Å²) in [5.41, 5.74) is 5.78. The molecule has 0 fully saturated rings. The average Bonchev–Trinajstić information content (AvgIpc) is 2.85. The number of nitrogens with two attached hydrogens (primary N) is 1. The zero-order valence-corrected chi connectivity index (χ0v) is 12.0. The Morgan fingerprint density at radius 3 is 2.74 bits per heavy atom. The van der Waals surface area contributed by atoms with Gasteiger partial charge in [0.05, 0.1) is 0 Å². The van der Waals surface area contributed by atoms with Gasteiger partial charge in [0.2, 0.25) is 5.91 Å². The van der Waals surface area contributed by atoms with Gasteiger partial charge in [-0.1, -0.05) is 13.8 Å². The molecule has 0 saturated carbocycles. The normalized spacial score (nSPS) is 10.5. The van der Waals surface area contributed by atoms with Gasteiger partial charge in [0, 0.05) is 31.4 Å². The molecular formula is C12H20N4O2S. The molecule has 0 bridgehead atoms. The molecule has 1 aromatic heterocycles. The van der Waals surface area contributed by atoms with Gasteiger partial charge >= 0.3 is 0 Å². The highest BCUT2D eigenvalue weighted by Gasteiger charge is 2.10. The SMILES string of the molecule is CC(C)CNC(=O)CCNC(=O)c1csc(CN)n1. The quantitative estimate of drug-likeness (QED) is 0.679. The van der Waals surface area contributed by atoms with Crippen molar-refractivity contribution in [3.05, 3.63) is 16.1 Å². The maximum absolute atomic E-state index is 11.7. The van der Waals surface area contributed by atoms with Crippen molar-refractivity contribution >= 4 is 23.2 Å². The fraction of sp³-hybridized carbons (Fsp3) is 0.583. The van der Waals surface area contributed by atoms with E-state index in [1.807, 2.05) is 13.8 Å². The standard InChI is InChI=1S/C12H20N4O2S/c1-8(2)6-15-10(17)3-4-14-12(18)9-7-19-11(5-13)16-9/h7-8H,3-6,13H2,1-2H3,(H,14,18)(H,15,17). The summed E-state index contributed by atoms with van der Waals surface area (Å²) < 4.78 is 0. The smallest absolute Gasteiger partial charge is 0.270 e. The lowest BCUT2D eigenvalue weighted by Crippen LogP contribution is -2.32. The van der Waals surface area contributed by atoms with E-state index < -0.39 is 0 Å². The van der Waals surface area contributed by atoms with Crippen LogP contribution in [-0.4, -0.2) is 29.9 Å². The Morgan fingerprint density at radius 2 is 2.16 bits per heavy atom. The van der Waals surface area contributed by atoms with E-state index in [0.29, 0.717) is 31.2 Å². The van der Waals surface area contributed by atoms with Crippen molar-refractivity contribution in [3.8, 4) is 0 Å². The van der Waals surface area contributed by atoms with Gasteiger partial charge in [-0.05, 0) is 5.92 Å². The van der Waals surface area contributed by atoms with Crippen molar-refractivity contribution in [1.82, 2.24) is 15.6 Å². The Hall–Kier alpha value is -1.47. The average molecular weight is 284 g/mol. The van der Waals surface area contributed by atoms with Gasteiger partial charge in [0.25, 0.3) is 5.91 Å². The second-order valence-electron chi connectivity index (χ2n) is 4.53. The van der Waals surface area contributed by atoms with Crippen molar-refractivity contribution in [2.45, 2.75) is 26.8 Å². The minimum Gasteiger partial charge on any atom is -0.356 e. The molecule has 0 aromatic carbocycles. The van der Waals surface area contributed by atoms with E-state index in [1.54, 1.807) is 5.38 Å². The fourth-order valence-electron chi connectivity index (χ4n) is 1.30. The molecule has 19 heavy (non-hydrogen) atoms. The van der Waals surface area contributed by atoms with E-state index in [2.05, 4.69) is 15.6 Å². The summed E-state index contributed by atoms with van der Waals surface area (Å²) >= 11 is 1.35. The first-order chi connectivity index (χ1) is 9.02. The molecule has 0 unspecified atom stereocenters.